The number of hydrogen-bond donors (Lipinski definition) is 1. The van der Waals surface area contributed by atoms with Crippen molar-refractivity contribution in [1.82, 2.24) is 19.5 Å². The first-order chi connectivity index (χ1) is 16.2. The smallest absolute Gasteiger partial charge is 0.226 e. The number of rotatable bonds is 7. The minimum absolute atomic E-state index is 0.172. The van der Waals surface area contributed by atoms with Crippen LogP contribution in [-0.4, -0.2) is 39.3 Å². The van der Waals surface area contributed by atoms with Gasteiger partial charge in [0.05, 0.1) is 20.3 Å². The standard InChI is InChI=1S/C26H30ClN5O2/c1-7-20-28-21-23(31-26(2,3)4)29-25(27)30-24(21)32(20)22(16-8-12-18(33-5)13-9-16)17-10-14-19(34-6)15-11-17/h8-15,22H,7H2,1-6H3,(H,29,30,31). The van der Waals surface area contributed by atoms with Crippen molar-refractivity contribution in [2.45, 2.75) is 45.7 Å². The second kappa shape index (κ2) is 9.50. The summed E-state index contributed by atoms with van der Waals surface area (Å²) < 4.78 is 12.9. The molecule has 0 saturated heterocycles. The van der Waals surface area contributed by atoms with Crippen LogP contribution in [0.3, 0.4) is 0 Å². The molecule has 0 aliphatic carbocycles. The van der Waals surface area contributed by atoms with Gasteiger partial charge in [0.2, 0.25) is 5.28 Å². The van der Waals surface area contributed by atoms with E-state index in [1.54, 1.807) is 14.2 Å². The second-order valence-electron chi connectivity index (χ2n) is 9.09. The lowest BCUT2D eigenvalue weighted by Crippen LogP contribution is -2.27. The average molecular weight is 480 g/mol. The van der Waals surface area contributed by atoms with E-state index in [0.717, 1.165) is 28.5 Å². The zero-order valence-corrected chi connectivity index (χ0v) is 21.1. The number of nitrogens with one attached hydrogen (secondary N) is 1. The van der Waals surface area contributed by atoms with Crippen molar-refractivity contribution >= 4 is 28.6 Å². The average Bonchev–Trinajstić information content (AvgIpc) is 3.17. The molecular formula is C26H30ClN5O2. The summed E-state index contributed by atoms with van der Waals surface area (Å²) in [6, 6.07) is 15.9. The van der Waals surface area contributed by atoms with Gasteiger partial charge < -0.3 is 19.4 Å². The van der Waals surface area contributed by atoms with Crippen molar-refractivity contribution in [2.75, 3.05) is 19.5 Å². The highest BCUT2D eigenvalue weighted by molar-refractivity contribution is 6.28. The van der Waals surface area contributed by atoms with Gasteiger partial charge in [-0.1, -0.05) is 31.2 Å². The fourth-order valence-corrected chi connectivity index (χ4v) is 4.18. The summed E-state index contributed by atoms with van der Waals surface area (Å²) in [6.45, 7) is 8.31. The van der Waals surface area contributed by atoms with Crippen LogP contribution >= 0.6 is 11.6 Å². The van der Waals surface area contributed by atoms with E-state index >= 15 is 0 Å². The van der Waals surface area contributed by atoms with Gasteiger partial charge in [0.1, 0.15) is 17.3 Å². The molecule has 178 valence electrons. The maximum Gasteiger partial charge on any atom is 0.226 e. The quantitative estimate of drug-likeness (QED) is 0.332. The summed E-state index contributed by atoms with van der Waals surface area (Å²) in [7, 11) is 3.33. The third kappa shape index (κ3) is 4.80. The van der Waals surface area contributed by atoms with Gasteiger partial charge in [-0.3, -0.25) is 0 Å². The van der Waals surface area contributed by atoms with Gasteiger partial charge in [0, 0.05) is 12.0 Å². The van der Waals surface area contributed by atoms with E-state index in [0.29, 0.717) is 23.4 Å². The summed E-state index contributed by atoms with van der Waals surface area (Å²) in [5.41, 5.74) is 3.30. The Morgan fingerprint density at radius 3 is 1.85 bits per heavy atom. The van der Waals surface area contributed by atoms with Crippen LogP contribution in [0.15, 0.2) is 48.5 Å². The first-order valence-electron chi connectivity index (χ1n) is 11.2. The third-order valence-electron chi connectivity index (χ3n) is 5.52. The van der Waals surface area contributed by atoms with Gasteiger partial charge >= 0.3 is 0 Å². The van der Waals surface area contributed by atoms with Crippen LogP contribution in [0.2, 0.25) is 5.28 Å². The maximum absolute atomic E-state index is 6.42. The lowest BCUT2D eigenvalue weighted by Gasteiger charge is -2.23. The van der Waals surface area contributed by atoms with Crippen LogP contribution < -0.4 is 14.8 Å². The zero-order valence-electron chi connectivity index (χ0n) is 20.4. The summed E-state index contributed by atoms with van der Waals surface area (Å²) in [5.74, 6) is 3.11. The molecule has 0 saturated carbocycles. The lowest BCUT2D eigenvalue weighted by molar-refractivity contribution is 0.414. The van der Waals surface area contributed by atoms with Crippen molar-refractivity contribution in [3.05, 3.63) is 70.8 Å². The number of benzene rings is 2. The molecule has 7 nitrogen and oxygen atoms in total. The number of methoxy groups -OCH3 is 2. The summed E-state index contributed by atoms with van der Waals surface area (Å²) >= 11 is 6.42. The molecule has 0 spiro atoms. The molecule has 2 heterocycles. The fraction of sp³-hybridized carbons (Fsp3) is 0.346. The molecule has 8 heteroatoms. The highest BCUT2D eigenvalue weighted by Crippen LogP contribution is 2.35. The topological polar surface area (TPSA) is 74.1 Å². The van der Waals surface area contributed by atoms with Crippen LogP contribution in [0.25, 0.3) is 11.2 Å². The summed E-state index contributed by atoms with van der Waals surface area (Å²) in [4.78, 5) is 14.1. The number of hydrogen-bond acceptors (Lipinski definition) is 6. The van der Waals surface area contributed by atoms with E-state index < -0.39 is 0 Å². The van der Waals surface area contributed by atoms with E-state index in [-0.39, 0.29) is 16.9 Å². The number of halogens is 1. The Kier molecular flexibility index (Phi) is 6.66. The Morgan fingerprint density at radius 1 is 0.882 bits per heavy atom. The van der Waals surface area contributed by atoms with Gasteiger partial charge in [-0.25, -0.2) is 4.98 Å². The fourth-order valence-electron chi connectivity index (χ4n) is 4.02. The predicted molar refractivity (Wildman–Crippen MR) is 136 cm³/mol. The number of aryl methyl sites for hydroxylation is 1. The van der Waals surface area contributed by atoms with Gasteiger partial charge in [0.25, 0.3) is 0 Å². The summed E-state index contributed by atoms with van der Waals surface area (Å²) in [6.07, 6.45) is 0.714. The molecular weight excluding hydrogens is 450 g/mol. The maximum atomic E-state index is 6.42. The van der Waals surface area contributed by atoms with Crippen molar-refractivity contribution in [1.29, 1.82) is 0 Å². The summed E-state index contributed by atoms with van der Waals surface area (Å²) in [5, 5.41) is 3.61. The SMILES string of the molecule is CCc1nc2c(NC(C)(C)C)nc(Cl)nc2n1C(c1ccc(OC)cc1)c1ccc(OC)cc1. The number of imidazole rings is 1. The van der Waals surface area contributed by atoms with Gasteiger partial charge in [-0.05, 0) is 67.8 Å². The van der Waals surface area contributed by atoms with Crippen LogP contribution in [0, 0.1) is 0 Å². The van der Waals surface area contributed by atoms with E-state index in [1.165, 1.54) is 0 Å². The molecule has 34 heavy (non-hydrogen) atoms. The molecule has 2 aromatic heterocycles. The van der Waals surface area contributed by atoms with Crippen LogP contribution in [0.5, 0.6) is 11.5 Å². The van der Waals surface area contributed by atoms with Gasteiger partial charge in [0.15, 0.2) is 17.0 Å². The lowest BCUT2D eigenvalue weighted by atomic mass is 9.97. The van der Waals surface area contributed by atoms with E-state index in [4.69, 9.17) is 26.1 Å². The van der Waals surface area contributed by atoms with Crippen molar-refractivity contribution in [3.8, 4) is 11.5 Å². The molecule has 0 fully saturated rings. The molecule has 2 aromatic carbocycles. The number of ether oxygens (including phenoxy) is 2. The number of nitrogens with zero attached hydrogens (tertiary/aromatic N) is 4. The Balaban J connectivity index is 1.99. The molecule has 4 aromatic rings. The normalized spacial score (nSPS) is 11.8. The highest BCUT2D eigenvalue weighted by atomic mass is 35.5. The minimum atomic E-state index is -0.216. The molecule has 4 rings (SSSR count). The Labute approximate surface area is 205 Å². The first-order valence-corrected chi connectivity index (χ1v) is 11.6. The Bertz CT molecular complexity index is 1230. The Morgan fingerprint density at radius 2 is 1.41 bits per heavy atom. The van der Waals surface area contributed by atoms with E-state index in [1.807, 2.05) is 24.3 Å². The number of aromatic nitrogens is 4. The van der Waals surface area contributed by atoms with Crippen LogP contribution in [0.1, 0.15) is 50.7 Å². The van der Waals surface area contributed by atoms with E-state index in [2.05, 4.69) is 71.8 Å². The number of fused-ring (bicyclic) bond motifs is 1. The number of anilines is 1. The van der Waals surface area contributed by atoms with Crippen LogP contribution in [0.4, 0.5) is 5.82 Å². The molecule has 0 aliphatic heterocycles. The molecule has 1 N–H and O–H groups in total. The van der Waals surface area contributed by atoms with Crippen molar-refractivity contribution < 1.29 is 9.47 Å². The molecule has 0 atom stereocenters. The van der Waals surface area contributed by atoms with Crippen molar-refractivity contribution in [2.24, 2.45) is 0 Å². The molecule has 0 aliphatic rings. The molecule has 0 amide bonds. The van der Waals surface area contributed by atoms with Crippen molar-refractivity contribution in [3.63, 3.8) is 0 Å². The second-order valence-corrected chi connectivity index (χ2v) is 9.43. The molecule has 0 bridgehead atoms. The van der Waals surface area contributed by atoms with Crippen LogP contribution in [-0.2, 0) is 6.42 Å². The van der Waals surface area contributed by atoms with E-state index in [9.17, 15) is 0 Å². The molecule has 0 unspecified atom stereocenters. The first kappa shape index (κ1) is 23.8. The third-order valence-corrected chi connectivity index (χ3v) is 5.69. The highest BCUT2D eigenvalue weighted by Gasteiger charge is 2.26. The Hall–Kier alpha value is -3.32. The molecule has 0 radical (unpaired) electrons. The largest absolute Gasteiger partial charge is 0.497 e. The zero-order chi connectivity index (χ0) is 24.5. The van der Waals surface area contributed by atoms with Gasteiger partial charge in [-0.2, -0.15) is 9.97 Å². The monoisotopic (exact) mass is 479 g/mol. The van der Waals surface area contributed by atoms with Gasteiger partial charge in [-0.15, -0.1) is 0 Å². The predicted octanol–water partition coefficient (Wildman–Crippen LogP) is 5.91. The minimum Gasteiger partial charge on any atom is -0.497 e.